The molecule has 6 nitrogen and oxygen atoms in total. The predicted molar refractivity (Wildman–Crippen MR) is 158 cm³/mol. The first-order valence-electron chi connectivity index (χ1n) is 13.0. The van der Waals surface area contributed by atoms with E-state index < -0.39 is 0 Å². The third-order valence-corrected chi connectivity index (χ3v) is 6.75. The van der Waals surface area contributed by atoms with Gasteiger partial charge in [0.1, 0.15) is 5.82 Å². The van der Waals surface area contributed by atoms with E-state index in [0.717, 1.165) is 34.5 Å². The smallest absolute Gasteiger partial charge is 0.319 e. The highest BCUT2D eigenvalue weighted by atomic mass is 35.5. The van der Waals surface area contributed by atoms with E-state index in [1.54, 1.807) is 22.8 Å². The van der Waals surface area contributed by atoms with Gasteiger partial charge >= 0.3 is 6.03 Å². The monoisotopic (exact) mass is 536 g/mol. The zero-order valence-corrected chi connectivity index (χ0v) is 22.4. The molecule has 2 N–H and O–H groups in total. The van der Waals surface area contributed by atoms with Gasteiger partial charge in [0.25, 0.3) is 5.56 Å². The van der Waals surface area contributed by atoms with Gasteiger partial charge < -0.3 is 10.6 Å². The Morgan fingerprint density at radius 1 is 0.872 bits per heavy atom. The van der Waals surface area contributed by atoms with E-state index in [1.165, 1.54) is 0 Å². The lowest BCUT2D eigenvalue weighted by Gasteiger charge is -2.15. The number of nitrogens with one attached hydrogen (secondary N) is 2. The van der Waals surface area contributed by atoms with Gasteiger partial charge in [-0.1, -0.05) is 85.3 Å². The molecule has 0 spiro atoms. The molecule has 0 aliphatic carbocycles. The van der Waals surface area contributed by atoms with Crippen LogP contribution in [-0.4, -0.2) is 15.6 Å². The molecule has 1 aromatic heterocycles. The molecule has 39 heavy (non-hydrogen) atoms. The van der Waals surface area contributed by atoms with E-state index in [9.17, 15) is 9.59 Å². The maximum absolute atomic E-state index is 13.7. The molecule has 7 heteroatoms. The van der Waals surface area contributed by atoms with E-state index in [0.29, 0.717) is 41.1 Å². The third kappa shape index (κ3) is 6.36. The molecule has 0 aliphatic rings. The number of hydrogen-bond donors (Lipinski definition) is 2. The summed E-state index contributed by atoms with van der Waals surface area (Å²) in [5.74, 6) is 0.746. The SMILES string of the molecule is CCCc1nc2ccc(NC(=O)NCc3ccccc3)cc2c(=O)n1Cc1ccc(-c2cccc(Cl)c2)cc1. The van der Waals surface area contributed by atoms with Gasteiger partial charge in [-0.15, -0.1) is 0 Å². The fourth-order valence-electron chi connectivity index (χ4n) is 4.53. The summed E-state index contributed by atoms with van der Waals surface area (Å²) in [5.41, 5.74) is 5.12. The van der Waals surface area contributed by atoms with Crippen molar-refractivity contribution in [2.24, 2.45) is 0 Å². The topological polar surface area (TPSA) is 76.0 Å². The normalized spacial score (nSPS) is 10.9. The molecule has 4 aromatic carbocycles. The number of carbonyl (C=O) groups is 1. The molecule has 0 unspecified atom stereocenters. The second-order valence-corrected chi connectivity index (χ2v) is 9.84. The second-order valence-electron chi connectivity index (χ2n) is 9.40. The molecule has 0 atom stereocenters. The van der Waals surface area contributed by atoms with E-state index in [1.807, 2.05) is 78.9 Å². The van der Waals surface area contributed by atoms with Gasteiger partial charge in [0, 0.05) is 23.7 Å². The van der Waals surface area contributed by atoms with Gasteiger partial charge in [0.15, 0.2) is 0 Å². The van der Waals surface area contributed by atoms with Crippen molar-refractivity contribution < 1.29 is 4.79 Å². The first-order valence-corrected chi connectivity index (χ1v) is 13.3. The molecule has 2 amide bonds. The van der Waals surface area contributed by atoms with Crippen molar-refractivity contribution in [2.45, 2.75) is 32.9 Å². The third-order valence-electron chi connectivity index (χ3n) is 6.51. The van der Waals surface area contributed by atoms with E-state index in [2.05, 4.69) is 17.6 Å². The minimum Gasteiger partial charge on any atom is -0.334 e. The zero-order valence-electron chi connectivity index (χ0n) is 21.7. The summed E-state index contributed by atoms with van der Waals surface area (Å²) in [5, 5.41) is 6.83. The number of carbonyl (C=O) groups excluding carboxylic acids is 1. The number of urea groups is 1. The fourth-order valence-corrected chi connectivity index (χ4v) is 4.72. The summed E-state index contributed by atoms with van der Waals surface area (Å²) in [6.07, 6.45) is 1.56. The van der Waals surface area contributed by atoms with Crippen LogP contribution in [0.5, 0.6) is 0 Å². The maximum Gasteiger partial charge on any atom is 0.319 e. The quantitative estimate of drug-likeness (QED) is 0.223. The van der Waals surface area contributed by atoms with Crippen molar-refractivity contribution >= 4 is 34.2 Å². The Morgan fingerprint density at radius 3 is 2.41 bits per heavy atom. The van der Waals surface area contributed by atoms with Gasteiger partial charge in [0.2, 0.25) is 0 Å². The number of hydrogen-bond acceptors (Lipinski definition) is 3. The average Bonchev–Trinajstić information content (AvgIpc) is 2.95. The lowest BCUT2D eigenvalue weighted by atomic mass is 10.0. The van der Waals surface area contributed by atoms with Crippen LogP contribution in [0.4, 0.5) is 10.5 Å². The Kier molecular flexibility index (Phi) is 8.04. The van der Waals surface area contributed by atoms with Crippen molar-refractivity contribution in [2.75, 3.05) is 5.32 Å². The molecule has 0 aliphatic heterocycles. The average molecular weight is 537 g/mol. The molecule has 196 valence electrons. The Labute approximate surface area is 232 Å². The zero-order chi connectivity index (χ0) is 27.2. The first kappa shape index (κ1) is 26.2. The van der Waals surface area contributed by atoms with Crippen LogP contribution in [0.1, 0.15) is 30.3 Å². The number of aryl methyl sites for hydroxylation is 1. The molecule has 1 heterocycles. The van der Waals surface area contributed by atoms with Crippen molar-refractivity contribution in [3.63, 3.8) is 0 Å². The van der Waals surface area contributed by atoms with E-state index in [4.69, 9.17) is 16.6 Å². The Morgan fingerprint density at radius 2 is 1.67 bits per heavy atom. The molecular formula is C32H29ClN4O2. The van der Waals surface area contributed by atoms with Gasteiger partial charge in [0.05, 0.1) is 17.4 Å². The highest BCUT2D eigenvalue weighted by molar-refractivity contribution is 6.30. The number of aromatic nitrogens is 2. The van der Waals surface area contributed by atoms with Crippen molar-refractivity contribution in [1.29, 1.82) is 0 Å². The van der Waals surface area contributed by atoms with Crippen LogP contribution in [0.15, 0.2) is 102 Å². The number of fused-ring (bicyclic) bond motifs is 1. The minimum absolute atomic E-state index is 0.129. The van der Waals surface area contributed by atoms with Crippen LogP contribution in [-0.2, 0) is 19.5 Å². The summed E-state index contributed by atoms with van der Waals surface area (Å²) >= 11 is 6.15. The number of nitrogens with zero attached hydrogens (tertiary/aromatic N) is 2. The summed E-state index contributed by atoms with van der Waals surface area (Å²) in [6, 6.07) is 30.5. The number of anilines is 1. The summed E-state index contributed by atoms with van der Waals surface area (Å²) in [4.78, 5) is 31.0. The standard InChI is InChI=1S/C32H29ClN4O2/c1-2-7-30-36-29-17-16-27(35-32(39)34-20-22-8-4-3-5-9-22)19-28(29)31(38)37(30)21-23-12-14-24(15-13-23)25-10-6-11-26(33)18-25/h3-6,8-19H,2,7,20-21H2,1H3,(H2,34,35,39). The number of rotatable bonds is 8. The van der Waals surface area contributed by atoms with E-state index >= 15 is 0 Å². The number of amides is 2. The van der Waals surface area contributed by atoms with Crippen molar-refractivity contribution in [1.82, 2.24) is 14.9 Å². The van der Waals surface area contributed by atoms with Gasteiger partial charge in [-0.25, -0.2) is 9.78 Å². The van der Waals surface area contributed by atoms with E-state index in [-0.39, 0.29) is 11.6 Å². The van der Waals surface area contributed by atoms with Gasteiger partial charge in [-0.2, -0.15) is 0 Å². The molecular weight excluding hydrogens is 508 g/mol. The highest BCUT2D eigenvalue weighted by Gasteiger charge is 2.13. The molecule has 5 rings (SSSR count). The first-order chi connectivity index (χ1) is 19.0. The second kappa shape index (κ2) is 12.0. The summed E-state index contributed by atoms with van der Waals surface area (Å²) in [7, 11) is 0. The van der Waals surface area contributed by atoms with Crippen LogP contribution < -0.4 is 16.2 Å². The molecule has 5 aromatic rings. The lowest BCUT2D eigenvalue weighted by molar-refractivity contribution is 0.251. The van der Waals surface area contributed by atoms with Crippen molar-refractivity contribution in [3.8, 4) is 11.1 Å². The Hall–Kier alpha value is -4.42. The summed E-state index contributed by atoms with van der Waals surface area (Å²) < 4.78 is 1.74. The van der Waals surface area contributed by atoms with Crippen LogP contribution in [0.3, 0.4) is 0 Å². The minimum atomic E-state index is -0.339. The highest BCUT2D eigenvalue weighted by Crippen LogP contribution is 2.23. The molecule has 0 saturated carbocycles. The van der Waals surface area contributed by atoms with Gasteiger partial charge in [-0.3, -0.25) is 9.36 Å². The predicted octanol–water partition coefficient (Wildman–Crippen LogP) is 7.04. The number of benzene rings is 4. The maximum atomic E-state index is 13.7. The van der Waals surface area contributed by atoms with Crippen molar-refractivity contribution in [3.05, 3.63) is 129 Å². The molecule has 0 fully saturated rings. The van der Waals surface area contributed by atoms with Crippen LogP contribution >= 0.6 is 11.6 Å². The Bertz CT molecular complexity index is 1660. The van der Waals surface area contributed by atoms with Crippen LogP contribution in [0.2, 0.25) is 5.02 Å². The molecule has 0 radical (unpaired) electrons. The Balaban J connectivity index is 1.39. The summed E-state index contributed by atoms with van der Waals surface area (Å²) in [6.45, 7) is 2.88. The number of halogens is 1. The fraction of sp³-hybridized carbons (Fsp3) is 0.156. The van der Waals surface area contributed by atoms with Crippen LogP contribution in [0, 0.1) is 0 Å². The van der Waals surface area contributed by atoms with Crippen LogP contribution in [0.25, 0.3) is 22.0 Å². The molecule has 0 bridgehead atoms. The largest absolute Gasteiger partial charge is 0.334 e. The molecule has 0 saturated heterocycles. The lowest BCUT2D eigenvalue weighted by Crippen LogP contribution is -2.28. The van der Waals surface area contributed by atoms with Gasteiger partial charge in [-0.05, 0) is 59.0 Å².